The third kappa shape index (κ3) is 25.3. The van der Waals surface area contributed by atoms with Crippen molar-refractivity contribution in [3.05, 3.63) is 59.2 Å². The molecule has 1 aromatic rings. The van der Waals surface area contributed by atoms with Gasteiger partial charge in [0, 0.05) is 19.0 Å². The lowest BCUT2D eigenvalue weighted by atomic mass is 10.0. The summed E-state index contributed by atoms with van der Waals surface area (Å²) in [4.78, 5) is 61.5. The lowest BCUT2D eigenvalue weighted by Gasteiger charge is -2.21. The number of carbonyl (C=O) groups excluding carboxylic acids is 2. The first-order chi connectivity index (χ1) is 29.9. The monoisotopic (exact) mass is 935 g/mol. The van der Waals surface area contributed by atoms with E-state index in [9.17, 15) is 48.6 Å². The molecule has 63 heavy (non-hydrogen) atoms. The molecule has 8 atom stereocenters. The second kappa shape index (κ2) is 31.0. The Labute approximate surface area is 370 Å². The summed E-state index contributed by atoms with van der Waals surface area (Å²) < 4.78 is 56.4. The Bertz CT molecular complexity index is 1720. The van der Waals surface area contributed by atoms with E-state index in [2.05, 4.69) is 23.1 Å². The van der Waals surface area contributed by atoms with Gasteiger partial charge in [-0.2, -0.15) is 9.29 Å². The molecule has 1 fully saturated rings. The number of aromatic nitrogens is 2. The van der Waals surface area contributed by atoms with E-state index in [4.69, 9.17) is 29.0 Å². The summed E-state index contributed by atoms with van der Waals surface area (Å²) >= 11 is 0. The maximum absolute atomic E-state index is 12.8. The molecule has 2 rings (SSSR count). The van der Waals surface area contributed by atoms with Gasteiger partial charge in [0.25, 0.3) is 0 Å². The number of nitrogens with zero attached hydrogens (tertiary/aromatic N) is 2. The number of phosphoric acid groups is 2. The average molecular weight is 936 g/mol. The van der Waals surface area contributed by atoms with Crippen LogP contribution in [0.2, 0.25) is 0 Å². The van der Waals surface area contributed by atoms with E-state index in [0.29, 0.717) is 25.2 Å². The molecule has 0 amide bonds. The topological polar surface area (TPSA) is 286 Å². The fourth-order valence-electron chi connectivity index (χ4n) is 6.30. The summed E-state index contributed by atoms with van der Waals surface area (Å²) in [5.74, 6) is -0.699. The van der Waals surface area contributed by atoms with E-state index in [1.54, 1.807) is 6.08 Å². The van der Waals surface area contributed by atoms with Crippen LogP contribution in [-0.4, -0.2) is 96.9 Å². The molecule has 0 saturated carbocycles. The number of rotatable bonds is 34. The number of aliphatic hydroxyl groups is 3. The van der Waals surface area contributed by atoms with Gasteiger partial charge < -0.3 is 45.1 Å². The highest BCUT2D eigenvalue weighted by Crippen LogP contribution is 2.60. The zero-order valence-corrected chi connectivity index (χ0v) is 38.7. The summed E-state index contributed by atoms with van der Waals surface area (Å²) in [5, 5.41) is 30.7. The van der Waals surface area contributed by atoms with Crippen molar-refractivity contribution in [1.29, 1.82) is 0 Å². The number of phosphoric ester groups is 2. The Balaban J connectivity index is 1.86. The molecule has 19 nitrogen and oxygen atoms in total. The SMILES string of the molecule is CC/C=C/CC(O)/C=C/C=C/CCCCCCCC(=O)O[C@H](COC(=O)CCCCCCCCC(C)C)COP(=O)(O)OP(=O)(O)OC[C@H]1O[C@@H](n2ccc(N)nc2=O)[C@H](O)[C@@H]1O. The van der Waals surface area contributed by atoms with Gasteiger partial charge in [0.05, 0.1) is 19.3 Å². The molecule has 0 bridgehead atoms. The number of esters is 2. The van der Waals surface area contributed by atoms with Gasteiger partial charge in [0.15, 0.2) is 12.3 Å². The van der Waals surface area contributed by atoms with Crippen molar-refractivity contribution in [3.63, 3.8) is 0 Å². The first kappa shape index (κ1) is 56.1. The van der Waals surface area contributed by atoms with E-state index in [0.717, 1.165) is 81.4 Å². The summed E-state index contributed by atoms with van der Waals surface area (Å²) in [6, 6.07) is 1.24. The first-order valence-corrected chi connectivity index (χ1v) is 25.0. The van der Waals surface area contributed by atoms with Crippen LogP contribution < -0.4 is 11.4 Å². The second-order valence-corrected chi connectivity index (χ2v) is 18.9. The van der Waals surface area contributed by atoms with Crippen LogP contribution in [0.15, 0.2) is 53.5 Å². The zero-order valence-electron chi connectivity index (χ0n) is 36.9. The minimum Gasteiger partial charge on any atom is -0.462 e. The van der Waals surface area contributed by atoms with E-state index >= 15 is 0 Å². The number of allylic oxidation sites excluding steroid dienone is 4. The second-order valence-electron chi connectivity index (χ2n) is 15.8. The minimum absolute atomic E-state index is 0.00315. The van der Waals surface area contributed by atoms with Crippen LogP contribution in [0, 0.1) is 5.92 Å². The van der Waals surface area contributed by atoms with Crippen LogP contribution in [-0.2, 0) is 46.3 Å². The number of nitrogens with two attached hydrogens (primary N) is 1. The van der Waals surface area contributed by atoms with E-state index in [1.807, 2.05) is 37.3 Å². The number of aliphatic hydroxyl groups excluding tert-OH is 3. The Hall–Kier alpha value is -3.06. The fraction of sp³-hybridized carbons (Fsp3) is 0.714. The molecule has 21 heteroatoms. The Morgan fingerprint density at radius 1 is 0.873 bits per heavy atom. The smallest absolute Gasteiger partial charge is 0.462 e. The maximum Gasteiger partial charge on any atom is 0.481 e. The Kier molecular flexibility index (Phi) is 27.6. The molecule has 1 saturated heterocycles. The number of carbonyl (C=O) groups is 2. The lowest BCUT2D eigenvalue weighted by molar-refractivity contribution is -0.161. The fourth-order valence-corrected chi connectivity index (χ4v) is 8.41. The van der Waals surface area contributed by atoms with Crippen LogP contribution in [0.1, 0.15) is 136 Å². The molecular formula is C42H71N3O16P2. The summed E-state index contributed by atoms with van der Waals surface area (Å²) in [7, 11) is -10.9. The third-order valence-electron chi connectivity index (χ3n) is 9.75. The van der Waals surface area contributed by atoms with Gasteiger partial charge in [-0.15, -0.1) is 0 Å². The van der Waals surface area contributed by atoms with Gasteiger partial charge >= 0.3 is 33.3 Å². The van der Waals surface area contributed by atoms with Crippen LogP contribution >= 0.6 is 15.6 Å². The average Bonchev–Trinajstić information content (AvgIpc) is 3.49. The van der Waals surface area contributed by atoms with Gasteiger partial charge in [0.1, 0.15) is 30.7 Å². The number of hydrogen-bond donors (Lipinski definition) is 6. The summed E-state index contributed by atoms with van der Waals surface area (Å²) in [6.45, 7) is 4.06. The van der Waals surface area contributed by atoms with Crippen molar-refractivity contribution in [2.45, 2.75) is 167 Å². The first-order valence-electron chi connectivity index (χ1n) is 22.0. The molecule has 0 aromatic carbocycles. The molecule has 360 valence electrons. The highest BCUT2D eigenvalue weighted by Gasteiger charge is 2.46. The van der Waals surface area contributed by atoms with E-state index < -0.39 is 89.8 Å². The molecule has 0 spiro atoms. The van der Waals surface area contributed by atoms with Gasteiger partial charge in [-0.3, -0.25) is 23.2 Å². The zero-order chi connectivity index (χ0) is 46.7. The standard InChI is InChI=1S/C42H71N3O16P2/c1-4-5-17-23-33(46)24-19-14-9-7-6-8-10-16-21-26-38(48)59-34(29-56-37(47)25-20-15-12-11-13-18-22-32(2)3)30-57-62(52,53)61-63(54,55)58-31-35-39(49)40(50)41(60-35)45-28-27-36(43)44-42(45)51/h5,9,14,17,19,24,27-28,32-35,39-41,46,49-50H,4,6-8,10-13,15-16,18,20-23,25-26,29-31H2,1-3H3,(H,52,53)(H,54,55)(H2,43,44,51)/b14-9+,17-5+,24-19+/t33?,34-,35-,39-,40-,41-/m1/s1. The highest BCUT2D eigenvalue weighted by molar-refractivity contribution is 7.61. The minimum atomic E-state index is -5.43. The molecule has 0 aliphatic carbocycles. The van der Waals surface area contributed by atoms with Crippen LogP contribution in [0.3, 0.4) is 0 Å². The van der Waals surface area contributed by atoms with Gasteiger partial charge in [-0.05, 0) is 50.5 Å². The van der Waals surface area contributed by atoms with Crippen LogP contribution in [0.4, 0.5) is 5.82 Å². The molecule has 1 aliphatic rings. The van der Waals surface area contributed by atoms with E-state index in [-0.39, 0.29) is 18.7 Å². The van der Waals surface area contributed by atoms with Gasteiger partial charge in [-0.25, -0.2) is 13.9 Å². The molecular weight excluding hydrogens is 864 g/mol. The number of anilines is 1. The number of unbranched alkanes of at least 4 members (excludes halogenated alkanes) is 10. The van der Waals surface area contributed by atoms with Gasteiger partial charge in [-0.1, -0.05) is 115 Å². The van der Waals surface area contributed by atoms with Crippen molar-refractivity contribution in [2.24, 2.45) is 5.92 Å². The van der Waals surface area contributed by atoms with Crippen LogP contribution in [0.5, 0.6) is 0 Å². The molecule has 1 aliphatic heterocycles. The maximum atomic E-state index is 12.8. The van der Waals surface area contributed by atoms with Crippen molar-refractivity contribution in [3.8, 4) is 0 Å². The summed E-state index contributed by atoms with van der Waals surface area (Å²) in [6.07, 6.45) is 17.7. The van der Waals surface area contributed by atoms with Crippen molar-refractivity contribution in [1.82, 2.24) is 9.55 Å². The largest absolute Gasteiger partial charge is 0.481 e. The highest BCUT2D eigenvalue weighted by atomic mass is 31.3. The van der Waals surface area contributed by atoms with E-state index in [1.165, 1.54) is 12.5 Å². The Morgan fingerprint density at radius 2 is 1.51 bits per heavy atom. The molecule has 0 radical (unpaired) electrons. The summed E-state index contributed by atoms with van der Waals surface area (Å²) in [5.41, 5.74) is 4.56. The van der Waals surface area contributed by atoms with Crippen LogP contribution in [0.25, 0.3) is 0 Å². The number of hydrogen-bond acceptors (Lipinski definition) is 16. The molecule has 2 heterocycles. The van der Waals surface area contributed by atoms with Crippen molar-refractivity contribution < 1.29 is 71.4 Å². The van der Waals surface area contributed by atoms with Crippen molar-refractivity contribution >= 4 is 33.4 Å². The predicted octanol–water partition coefficient (Wildman–Crippen LogP) is 6.49. The third-order valence-corrected chi connectivity index (χ3v) is 12.3. The van der Waals surface area contributed by atoms with Gasteiger partial charge in [0.2, 0.25) is 0 Å². The number of nitrogen functional groups attached to an aromatic ring is 1. The normalized spacial score (nSPS) is 21.0. The molecule has 1 aromatic heterocycles. The Morgan fingerprint density at radius 3 is 2.17 bits per heavy atom. The quantitative estimate of drug-likeness (QED) is 0.0142. The van der Waals surface area contributed by atoms with Crippen molar-refractivity contribution in [2.75, 3.05) is 25.6 Å². The lowest BCUT2D eigenvalue weighted by Crippen LogP contribution is -2.36. The predicted molar refractivity (Wildman–Crippen MR) is 235 cm³/mol. The molecule has 3 unspecified atom stereocenters. The molecule has 7 N–H and O–H groups in total. The number of ether oxygens (including phenoxy) is 3.